The van der Waals surface area contributed by atoms with Gasteiger partial charge in [-0.05, 0) is 71.7 Å². The summed E-state index contributed by atoms with van der Waals surface area (Å²) in [5.74, 6) is -3.95. The van der Waals surface area contributed by atoms with Crippen molar-refractivity contribution in [3.05, 3.63) is 94.6 Å². The number of unbranched alkanes of at least 4 members (excludes halogenated alkanes) is 1. The molecule has 2 amide bonds. The minimum Gasteiger partial charge on any atom is -0.349 e. The Morgan fingerprint density at radius 1 is 0.976 bits per heavy atom. The van der Waals surface area contributed by atoms with Gasteiger partial charge in [0, 0.05) is 19.1 Å². The highest BCUT2D eigenvalue weighted by atomic mass is 19.4. The van der Waals surface area contributed by atoms with Crippen molar-refractivity contribution >= 4 is 11.8 Å². The number of hydrazine groups is 1. The van der Waals surface area contributed by atoms with Crippen LogP contribution >= 0.6 is 0 Å². The first-order valence-electron chi connectivity index (χ1n) is 14.2. The minimum atomic E-state index is -4.64. The van der Waals surface area contributed by atoms with Gasteiger partial charge in [-0.15, -0.1) is 0 Å². The number of hydrogen-bond donors (Lipinski definition) is 1. The topological polar surface area (TPSA) is 52.7 Å². The van der Waals surface area contributed by atoms with E-state index in [1.165, 1.54) is 5.01 Å². The number of aryl methyl sites for hydroxylation is 1. The maximum atomic E-state index is 14.2. The first-order valence-corrected chi connectivity index (χ1v) is 14.2. The van der Waals surface area contributed by atoms with Crippen LogP contribution in [0.1, 0.15) is 65.6 Å². The van der Waals surface area contributed by atoms with Crippen molar-refractivity contribution in [1.82, 2.24) is 15.3 Å². The largest absolute Gasteiger partial charge is 0.407 e. The van der Waals surface area contributed by atoms with E-state index in [-0.39, 0.29) is 25.9 Å². The fraction of sp³-hybridized carbons (Fsp3) is 0.375. The van der Waals surface area contributed by atoms with E-state index < -0.39 is 53.7 Å². The van der Waals surface area contributed by atoms with Crippen molar-refractivity contribution in [3.8, 4) is 11.1 Å². The molecule has 1 saturated heterocycles. The van der Waals surface area contributed by atoms with E-state index in [1.54, 1.807) is 12.1 Å². The van der Waals surface area contributed by atoms with Crippen LogP contribution in [0.2, 0.25) is 0 Å². The number of carbonyl (C=O) groups is 2. The smallest absolute Gasteiger partial charge is 0.349 e. The van der Waals surface area contributed by atoms with Gasteiger partial charge >= 0.3 is 6.18 Å². The predicted octanol–water partition coefficient (Wildman–Crippen LogP) is 6.62. The lowest BCUT2D eigenvalue weighted by molar-refractivity contribution is -0.194. The summed E-state index contributed by atoms with van der Waals surface area (Å²) in [5, 5.41) is 4.87. The van der Waals surface area contributed by atoms with Crippen LogP contribution in [0.25, 0.3) is 11.1 Å². The van der Waals surface area contributed by atoms with E-state index in [4.69, 9.17) is 0 Å². The Kier molecular flexibility index (Phi) is 8.63. The lowest BCUT2D eigenvalue weighted by atomic mass is 9.89. The summed E-state index contributed by atoms with van der Waals surface area (Å²) in [6, 6.07) is 15.2. The molecule has 0 saturated carbocycles. The zero-order valence-electron chi connectivity index (χ0n) is 23.2. The zero-order chi connectivity index (χ0) is 30.0. The van der Waals surface area contributed by atoms with Crippen LogP contribution < -0.4 is 5.32 Å². The van der Waals surface area contributed by atoms with Gasteiger partial charge in [-0.2, -0.15) is 13.2 Å². The van der Waals surface area contributed by atoms with E-state index >= 15 is 0 Å². The molecule has 1 fully saturated rings. The first kappa shape index (κ1) is 29.7. The Labute approximate surface area is 241 Å². The lowest BCUT2D eigenvalue weighted by Gasteiger charge is -2.41. The Hall–Kier alpha value is -3.79. The van der Waals surface area contributed by atoms with Gasteiger partial charge in [0.15, 0.2) is 0 Å². The van der Waals surface area contributed by atoms with Gasteiger partial charge in [0.1, 0.15) is 18.2 Å². The van der Waals surface area contributed by atoms with E-state index in [0.29, 0.717) is 12.0 Å². The molecule has 10 heteroatoms. The van der Waals surface area contributed by atoms with Crippen LogP contribution in [0.3, 0.4) is 0 Å². The highest BCUT2D eigenvalue weighted by molar-refractivity contribution is 5.97. The number of piperidine rings is 1. The number of alkyl halides is 3. The maximum absolute atomic E-state index is 14.2. The fourth-order valence-electron chi connectivity index (χ4n) is 6.00. The summed E-state index contributed by atoms with van der Waals surface area (Å²) in [7, 11) is 0. The molecule has 3 aromatic carbocycles. The van der Waals surface area contributed by atoms with Gasteiger partial charge in [0.05, 0.1) is 11.5 Å². The number of hydrogen-bond acceptors (Lipinski definition) is 3. The van der Waals surface area contributed by atoms with Crippen LogP contribution in [0, 0.1) is 11.6 Å². The molecule has 1 N–H and O–H groups in total. The average molecular weight is 586 g/mol. The fourth-order valence-corrected chi connectivity index (χ4v) is 6.00. The van der Waals surface area contributed by atoms with E-state index in [9.17, 15) is 31.5 Å². The molecular formula is C32H32F5N3O2. The van der Waals surface area contributed by atoms with Gasteiger partial charge < -0.3 is 5.32 Å². The predicted molar refractivity (Wildman–Crippen MR) is 149 cm³/mol. The number of nitrogens with one attached hydrogen (secondary N) is 1. The van der Waals surface area contributed by atoms with Crippen LogP contribution in [0.5, 0.6) is 0 Å². The third kappa shape index (κ3) is 6.18. The monoisotopic (exact) mass is 585 g/mol. The molecule has 42 heavy (non-hydrogen) atoms. The third-order valence-corrected chi connectivity index (χ3v) is 8.00. The van der Waals surface area contributed by atoms with Gasteiger partial charge in [0.2, 0.25) is 5.91 Å². The van der Waals surface area contributed by atoms with Crippen molar-refractivity contribution in [2.24, 2.45) is 0 Å². The molecule has 1 atom stereocenters. The molecule has 0 aromatic heterocycles. The molecule has 0 radical (unpaired) electrons. The Morgan fingerprint density at radius 2 is 1.69 bits per heavy atom. The first-order chi connectivity index (χ1) is 20.1. The molecule has 1 unspecified atom stereocenters. The quantitative estimate of drug-likeness (QED) is 0.303. The Bertz CT molecular complexity index is 1470. The molecule has 0 bridgehead atoms. The standard InChI is InChI=1S/C32H32F5N3O2/c1-2-3-7-20-8-6-11-24-23-9-4-5-10-25(23)29(28(20)24)31(42)40(19-32(35,36)37)39-16-14-22(15-17-39)38-30(41)26-18-21(33)12-13-27(26)34/h4-6,8-13,18,22,29H,2-3,7,14-17,19H2,1H3,(H,38,41). The number of rotatable bonds is 8. The lowest BCUT2D eigenvalue weighted by Crippen LogP contribution is -2.56. The summed E-state index contributed by atoms with van der Waals surface area (Å²) in [5.41, 5.74) is 3.69. The van der Waals surface area contributed by atoms with Crippen molar-refractivity contribution in [2.45, 2.75) is 57.2 Å². The van der Waals surface area contributed by atoms with Gasteiger partial charge in [-0.25, -0.2) is 13.8 Å². The van der Waals surface area contributed by atoms with Gasteiger partial charge in [-0.1, -0.05) is 55.8 Å². The highest BCUT2D eigenvalue weighted by Gasteiger charge is 2.43. The van der Waals surface area contributed by atoms with Crippen LogP contribution in [-0.4, -0.2) is 53.7 Å². The number of halogens is 5. The number of nitrogens with zero attached hydrogens (tertiary/aromatic N) is 2. The normalized spacial score (nSPS) is 17.0. The second-order valence-corrected chi connectivity index (χ2v) is 10.8. The van der Waals surface area contributed by atoms with Gasteiger partial charge in [0.25, 0.3) is 5.91 Å². The van der Waals surface area contributed by atoms with Crippen molar-refractivity contribution in [3.63, 3.8) is 0 Å². The van der Waals surface area contributed by atoms with E-state index in [1.807, 2.05) is 30.3 Å². The van der Waals surface area contributed by atoms with Gasteiger partial charge in [-0.3, -0.25) is 14.6 Å². The number of fused-ring (bicyclic) bond motifs is 3. The molecule has 0 spiro atoms. The molecule has 222 valence electrons. The number of amides is 2. The molecule has 1 aliphatic carbocycles. The van der Waals surface area contributed by atoms with Crippen molar-refractivity contribution in [2.75, 3.05) is 19.6 Å². The summed E-state index contributed by atoms with van der Waals surface area (Å²) in [4.78, 5) is 26.8. The molecule has 2 aliphatic rings. The minimum absolute atomic E-state index is 0.0666. The van der Waals surface area contributed by atoms with Crippen LogP contribution in [-0.2, 0) is 11.2 Å². The summed E-state index contributed by atoms with van der Waals surface area (Å²) in [6.45, 7) is 0.753. The molecule has 1 heterocycles. The molecule has 3 aromatic rings. The second kappa shape index (κ2) is 12.2. The summed E-state index contributed by atoms with van der Waals surface area (Å²) < 4.78 is 69.3. The zero-order valence-corrected chi connectivity index (χ0v) is 23.2. The van der Waals surface area contributed by atoms with Crippen molar-refractivity contribution in [1.29, 1.82) is 0 Å². The molecule has 5 rings (SSSR count). The molecule has 5 nitrogen and oxygen atoms in total. The number of benzene rings is 3. The Morgan fingerprint density at radius 3 is 2.40 bits per heavy atom. The van der Waals surface area contributed by atoms with Crippen molar-refractivity contribution < 1.29 is 31.5 Å². The van der Waals surface area contributed by atoms with Crippen LogP contribution in [0.15, 0.2) is 60.7 Å². The number of carbonyl (C=O) groups excluding carboxylic acids is 2. The second-order valence-electron chi connectivity index (χ2n) is 10.8. The maximum Gasteiger partial charge on any atom is 0.407 e. The van der Waals surface area contributed by atoms with E-state index in [0.717, 1.165) is 58.3 Å². The SMILES string of the molecule is CCCCc1cccc2c1C(C(=O)N(CC(F)(F)F)N1CCC(NC(=O)c3cc(F)ccc3F)CC1)c1ccccc1-2. The Balaban J connectivity index is 1.39. The third-order valence-electron chi connectivity index (χ3n) is 8.00. The molecular weight excluding hydrogens is 553 g/mol. The van der Waals surface area contributed by atoms with Crippen LogP contribution in [0.4, 0.5) is 22.0 Å². The highest BCUT2D eigenvalue weighted by Crippen LogP contribution is 2.47. The average Bonchev–Trinajstić information content (AvgIpc) is 3.31. The van der Waals surface area contributed by atoms with E-state index in [2.05, 4.69) is 12.2 Å². The summed E-state index contributed by atoms with van der Waals surface area (Å²) >= 11 is 0. The molecule has 1 aliphatic heterocycles. The summed E-state index contributed by atoms with van der Waals surface area (Å²) in [6.07, 6.45) is -1.65.